The molecule has 0 N–H and O–H groups in total. The Hall–Kier alpha value is -0.280. The molecule has 0 fully saturated rings. The van der Waals surface area contributed by atoms with E-state index in [4.69, 9.17) is 4.74 Å². The summed E-state index contributed by atoms with van der Waals surface area (Å²) in [6.07, 6.45) is -0.197. The van der Waals surface area contributed by atoms with Crippen molar-refractivity contribution in [3.63, 3.8) is 0 Å². The highest BCUT2D eigenvalue weighted by molar-refractivity contribution is 5.58. The Morgan fingerprint density at radius 1 is 1.40 bits per heavy atom. The smallest absolute Gasteiger partial charge is 0.515 e. The third kappa shape index (κ3) is 4.58. The zero-order valence-electron chi connectivity index (χ0n) is 6.85. The van der Waals surface area contributed by atoms with E-state index in [1.807, 2.05) is 0 Å². The molecule has 0 unspecified atom stereocenters. The van der Waals surface area contributed by atoms with Gasteiger partial charge in [0.1, 0.15) is 0 Å². The highest BCUT2D eigenvalue weighted by Crippen LogP contribution is 1.94. The van der Waals surface area contributed by atoms with Gasteiger partial charge in [-0.05, 0) is 6.92 Å². The zero-order valence-corrected chi connectivity index (χ0v) is 7.60. The first-order chi connectivity index (χ1) is 3.98. The van der Waals surface area contributed by atoms with Crippen LogP contribution in [-0.4, -0.2) is 38.3 Å². The highest BCUT2D eigenvalue weighted by atomic mass is 35.5. The Morgan fingerprint density at radius 3 is 1.90 bits per heavy atom. The Morgan fingerprint density at radius 2 is 1.80 bits per heavy atom. The maximum atomic E-state index is 10.8. The normalized spacial score (nSPS) is 10.0. The van der Waals surface area contributed by atoms with Gasteiger partial charge in [0.25, 0.3) is 0 Å². The fourth-order valence-electron chi connectivity index (χ4n) is 0.317. The lowest BCUT2D eigenvalue weighted by Crippen LogP contribution is -3.00. The Bertz CT molecular complexity index is 109. The molecule has 0 spiro atoms. The Labute approximate surface area is 68.0 Å². The van der Waals surface area contributed by atoms with Crippen LogP contribution in [0.2, 0.25) is 0 Å². The van der Waals surface area contributed by atoms with E-state index in [1.165, 1.54) is 0 Å². The van der Waals surface area contributed by atoms with Gasteiger partial charge < -0.3 is 17.1 Å². The maximum Gasteiger partial charge on any atom is 0.515 e. The highest BCUT2D eigenvalue weighted by Gasteiger charge is 2.21. The van der Waals surface area contributed by atoms with Crippen LogP contribution in [0, 0.1) is 0 Å². The average molecular weight is 168 g/mol. The molecule has 0 aliphatic carbocycles. The molecule has 0 saturated carbocycles. The zero-order chi connectivity index (χ0) is 7.49. The largest absolute Gasteiger partial charge is 1.00 e. The summed E-state index contributed by atoms with van der Waals surface area (Å²) in [5.41, 5.74) is 0. The number of amides is 1. The second-order valence-corrected chi connectivity index (χ2v) is 2.71. The second-order valence-electron chi connectivity index (χ2n) is 2.71. The van der Waals surface area contributed by atoms with Crippen molar-refractivity contribution in [3.05, 3.63) is 0 Å². The van der Waals surface area contributed by atoms with E-state index >= 15 is 0 Å². The third-order valence-corrected chi connectivity index (χ3v) is 0.816. The number of ether oxygens (including phenoxy) is 1. The number of rotatable bonds is 1. The molecule has 10 heavy (non-hydrogen) atoms. The molecule has 0 atom stereocenters. The predicted octanol–water partition coefficient (Wildman–Crippen LogP) is -2.15. The maximum absolute atomic E-state index is 10.8. The van der Waals surface area contributed by atoms with Crippen LogP contribution in [0.4, 0.5) is 4.79 Å². The Kier molecular flexibility index (Phi) is 5.61. The molecule has 0 aliphatic rings. The van der Waals surface area contributed by atoms with Crippen molar-refractivity contribution >= 4 is 6.09 Å². The van der Waals surface area contributed by atoms with E-state index < -0.39 is 0 Å². The molecule has 62 valence electrons. The van der Waals surface area contributed by atoms with Crippen LogP contribution in [-0.2, 0) is 4.74 Å². The number of hydrogen-bond donors (Lipinski definition) is 0. The lowest BCUT2D eigenvalue weighted by molar-refractivity contribution is -0.795. The quantitative estimate of drug-likeness (QED) is 0.417. The minimum atomic E-state index is -0.197. The standard InChI is InChI=1S/C6H14NO2.ClH/c1-5-9-6(8)7(2,3)4;/h5H2,1-4H3;1H/q+1;/p-1. The number of carbonyl (C=O) groups excluding carboxylic acids is 1. The fraction of sp³-hybridized carbons (Fsp3) is 0.833. The summed E-state index contributed by atoms with van der Waals surface area (Å²) in [5, 5.41) is 0. The van der Waals surface area contributed by atoms with Crippen LogP contribution < -0.4 is 12.4 Å². The summed E-state index contributed by atoms with van der Waals surface area (Å²) >= 11 is 0. The van der Waals surface area contributed by atoms with Crippen LogP contribution in [0.25, 0.3) is 0 Å². The summed E-state index contributed by atoms with van der Waals surface area (Å²) in [6, 6.07) is 0. The van der Waals surface area contributed by atoms with Gasteiger partial charge in [0.05, 0.1) is 27.7 Å². The molecule has 0 bridgehead atoms. The van der Waals surface area contributed by atoms with Gasteiger partial charge in [-0.15, -0.1) is 0 Å². The van der Waals surface area contributed by atoms with Gasteiger partial charge in [-0.2, -0.15) is 4.79 Å². The molecule has 3 nitrogen and oxygen atoms in total. The van der Waals surface area contributed by atoms with Gasteiger partial charge in [-0.3, -0.25) is 0 Å². The number of hydrogen-bond acceptors (Lipinski definition) is 2. The van der Waals surface area contributed by atoms with Crippen LogP contribution in [0.15, 0.2) is 0 Å². The van der Waals surface area contributed by atoms with Crippen molar-refractivity contribution in [2.45, 2.75) is 6.92 Å². The molecule has 0 heterocycles. The van der Waals surface area contributed by atoms with Crippen molar-refractivity contribution in [2.24, 2.45) is 0 Å². The average Bonchev–Trinajstić information content (AvgIpc) is 1.64. The van der Waals surface area contributed by atoms with E-state index in [9.17, 15) is 4.79 Å². The van der Waals surface area contributed by atoms with Crippen molar-refractivity contribution in [1.82, 2.24) is 0 Å². The number of halogens is 1. The minimum Gasteiger partial charge on any atom is -1.00 e. The first kappa shape index (κ1) is 12.4. The topological polar surface area (TPSA) is 26.3 Å². The summed E-state index contributed by atoms with van der Waals surface area (Å²) < 4.78 is 4.97. The number of carbonyl (C=O) groups is 1. The fourth-order valence-corrected chi connectivity index (χ4v) is 0.317. The summed E-state index contributed by atoms with van der Waals surface area (Å²) in [4.78, 5) is 10.8. The van der Waals surface area contributed by atoms with E-state index in [0.29, 0.717) is 6.61 Å². The molecule has 0 aliphatic heterocycles. The molecular formula is C6H14ClNO2. The van der Waals surface area contributed by atoms with Crippen LogP contribution in [0.5, 0.6) is 0 Å². The number of nitrogens with zero attached hydrogens (tertiary/aromatic N) is 1. The molecule has 0 aromatic carbocycles. The molecule has 0 aromatic heterocycles. The summed E-state index contributed by atoms with van der Waals surface area (Å²) in [5.74, 6) is 0. The Balaban J connectivity index is 0. The molecule has 4 heteroatoms. The van der Waals surface area contributed by atoms with Gasteiger partial charge in [-0.25, -0.2) is 4.48 Å². The molecule has 0 saturated heterocycles. The van der Waals surface area contributed by atoms with E-state index in [-0.39, 0.29) is 23.0 Å². The molecule has 1 amide bonds. The van der Waals surface area contributed by atoms with Gasteiger partial charge in [0, 0.05) is 0 Å². The first-order valence-corrected chi connectivity index (χ1v) is 2.97. The van der Waals surface area contributed by atoms with E-state index in [1.54, 1.807) is 28.1 Å². The summed E-state index contributed by atoms with van der Waals surface area (Å²) in [6.45, 7) is 2.25. The SMILES string of the molecule is CCOC(=O)[N+](C)(C)C.[Cl-]. The van der Waals surface area contributed by atoms with Crippen LogP contribution in [0.3, 0.4) is 0 Å². The third-order valence-electron chi connectivity index (χ3n) is 0.816. The molecular weight excluding hydrogens is 154 g/mol. The van der Waals surface area contributed by atoms with Crippen LogP contribution >= 0.6 is 0 Å². The van der Waals surface area contributed by atoms with E-state index in [0.717, 1.165) is 0 Å². The van der Waals surface area contributed by atoms with Gasteiger partial charge in [-0.1, -0.05) is 0 Å². The van der Waals surface area contributed by atoms with E-state index in [2.05, 4.69) is 0 Å². The second kappa shape index (κ2) is 4.52. The van der Waals surface area contributed by atoms with Crippen molar-refractivity contribution < 1.29 is 26.4 Å². The molecule has 0 radical (unpaired) electrons. The lowest BCUT2D eigenvalue weighted by atomic mass is 10.7. The predicted molar refractivity (Wildman–Crippen MR) is 35.1 cm³/mol. The lowest BCUT2D eigenvalue weighted by Gasteiger charge is -2.18. The molecule has 0 rings (SSSR count). The minimum absolute atomic E-state index is 0. The van der Waals surface area contributed by atoms with Gasteiger partial charge in [0.2, 0.25) is 0 Å². The van der Waals surface area contributed by atoms with Crippen molar-refractivity contribution in [3.8, 4) is 0 Å². The van der Waals surface area contributed by atoms with Crippen LogP contribution in [0.1, 0.15) is 6.92 Å². The van der Waals surface area contributed by atoms with Crippen molar-refractivity contribution in [2.75, 3.05) is 27.7 Å². The summed E-state index contributed by atoms with van der Waals surface area (Å²) in [7, 11) is 5.33. The molecule has 0 aromatic rings. The number of quaternary nitrogens is 1. The van der Waals surface area contributed by atoms with Gasteiger partial charge in [0.15, 0.2) is 0 Å². The monoisotopic (exact) mass is 167 g/mol. The van der Waals surface area contributed by atoms with Crippen molar-refractivity contribution in [1.29, 1.82) is 0 Å². The first-order valence-electron chi connectivity index (χ1n) is 2.97. The van der Waals surface area contributed by atoms with Gasteiger partial charge >= 0.3 is 6.09 Å².